The molecule has 1 N–H and O–H groups in total. The van der Waals surface area contributed by atoms with Gasteiger partial charge < -0.3 is 10.2 Å². The number of nitrogens with zero attached hydrogens (tertiary/aromatic N) is 3. The Morgan fingerprint density at radius 3 is 2.77 bits per heavy atom. The molecular weight excluding hydrogens is 435 g/mol. The first-order valence-corrected chi connectivity index (χ1v) is 10.6. The number of hydrogen-bond acceptors (Lipinski definition) is 4. The Kier molecular flexibility index (Phi) is 5.94. The van der Waals surface area contributed by atoms with E-state index in [9.17, 15) is 9.59 Å². The first-order valence-electron chi connectivity index (χ1n) is 9.81. The van der Waals surface area contributed by atoms with E-state index in [4.69, 9.17) is 23.2 Å². The average molecular weight is 455 g/mol. The number of aromatic nitrogens is 2. The van der Waals surface area contributed by atoms with Crippen molar-refractivity contribution in [2.24, 2.45) is 0 Å². The lowest BCUT2D eigenvalue weighted by Gasteiger charge is -2.26. The molecular formula is C23H20Cl2N4O2. The summed E-state index contributed by atoms with van der Waals surface area (Å²) >= 11 is 12.8. The van der Waals surface area contributed by atoms with Crippen LogP contribution in [-0.4, -0.2) is 28.8 Å². The lowest BCUT2D eigenvalue weighted by molar-refractivity contribution is -0.118. The Morgan fingerprint density at radius 2 is 2.00 bits per heavy atom. The molecule has 31 heavy (non-hydrogen) atoms. The molecule has 3 aromatic rings. The van der Waals surface area contributed by atoms with Crippen molar-refractivity contribution in [1.82, 2.24) is 15.3 Å². The Bertz CT molecular complexity index is 1180. The molecule has 0 saturated heterocycles. The van der Waals surface area contributed by atoms with Crippen LogP contribution in [0.3, 0.4) is 0 Å². The van der Waals surface area contributed by atoms with E-state index in [-0.39, 0.29) is 22.5 Å². The Labute approximate surface area is 190 Å². The maximum atomic E-state index is 12.6. The van der Waals surface area contributed by atoms with E-state index < -0.39 is 6.04 Å². The number of hydrogen-bond donors (Lipinski definition) is 1. The van der Waals surface area contributed by atoms with Crippen LogP contribution in [-0.2, 0) is 11.2 Å². The van der Waals surface area contributed by atoms with Gasteiger partial charge in [0.15, 0.2) is 0 Å². The molecule has 1 aliphatic heterocycles. The molecule has 158 valence electrons. The molecule has 2 amide bonds. The number of carbonyl (C=O) groups excluding carboxylic acids is 2. The highest BCUT2D eigenvalue weighted by Crippen LogP contribution is 2.36. The number of carbonyl (C=O) groups is 2. The highest BCUT2D eigenvalue weighted by atomic mass is 35.5. The average Bonchev–Trinajstić information content (AvgIpc) is 2.76. The van der Waals surface area contributed by atoms with Crippen LogP contribution in [0.15, 0.2) is 48.9 Å². The highest BCUT2D eigenvalue weighted by Gasteiger charge is 2.23. The summed E-state index contributed by atoms with van der Waals surface area (Å²) in [6.45, 7) is 1.83. The normalized spacial score (nSPS) is 14.2. The van der Waals surface area contributed by atoms with Gasteiger partial charge in [0.05, 0.1) is 16.1 Å². The van der Waals surface area contributed by atoms with Crippen LogP contribution < -0.4 is 10.2 Å². The third-order valence-electron chi connectivity index (χ3n) is 5.43. The minimum Gasteiger partial charge on any atom is -0.344 e. The van der Waals surface area contributed by atoms with E-state index in [2.05, 4.69) is 15.3 Å². The van der Waals surface area contributed by atoms with Gasteiger partial charge in [0.1, 0.15) is 5.69 Å². The molecule has 0 spiro atoms. The van der Waals surface area contributed by atoms with Gasteiger partial charge in [0, 0.05) is 48.9 Å². The van der Waals surface area contributed by atoms with Gasteiger partial charge in [-0.1, -0.05) is 29.3 Å². The highest BCUT2D eigenvalue weighted by molar-refractivity contribution is 6.34. The van der Waals surface area contributed by atoms with Gasteiger partial charge in [-0.2, -0.15) is 0 Å². The summed E-state index contributed by atoms with van der Waals surface area (Å²) in [5.41, 5.74) is 4.51. The minimum atomic E-state index is -0.410. The molecule has 1 aromatic carbocycles. The quantitative estimate of drug-likeness (QED) is 0.611. The predicted molar refractivity (Wildman–Crippen MR) is 122 cm³/mol. The van der Waals surface area contributed by atoms with Gasteiger partial charge in [0.25, 0.3) is 5.91 Å². The number of halogens is 2. The summed E-state index contributed by atoms with van der Waals surface area (Å²) in [4.78, 5) is 34.6. The Hall–Kier alpha value is -2.96. The summed E-state index contributed by atoms with van der Waals surface area (Å²) in [6.07, 6.45) is 6.03. The molecule has 1 aliphatic rings. The zero-order chi connectivity index (χ0) is 22.1. The second kappa shape index (κ2) is 8.65. The van der Waals surface area contributed by atoms with Crippen LogP contribution in [0.5, 0.6) is 0 Å². The standard InChI is InChI=1S/C23H20Cl2N4O2/c1-13(28-23(31)22-18(24)4-3-9-27-22)16-11-26-12-17(21(16)25)14-5-7-19-15(10-14)6-8-20(30)29(19)2/h3-5,7,9-13H,6,8H2,1-2H3,(H,28,31)/t13-/m1/s1. The zero-order valence-corrected chi connectivity index (χ0v) is 18.5. The predicted octanol–water partition coefficient (Wildman–Crippen LogP) is 4.85. The second-order valence-electron chi connectivity index (χ2n) is 7.42. The van der Waals surface area contributed by atoms with Crippen molar-refractivity contribution in [2.75, 3.05) is 11.9 Å². The fraction of sp³-hybridized carbons (Fsp3) is 0.217. The fourth-order valence-corrected chi connectivity index (χ4v) is 4.26. The van der Waals surface area contributed by atoms with Gasteiger partial charge in [-0.3, -0.25) is 14.6 Å². The van der Waals surface area contributed by atoms with Crippen molar-refractivity contribution in [1.29, 1.82) is 0 Å². The lowest BCUT2D eigenvalue weighted by Crippen LogP contribution is -2.31. The molecule has 0 aliphatic carbocycles. The molecule has 6 nitrogen and oxygen atoms in total. The molecule has 0 radical (unpaired) electrons. The number of pyridine rings is 2. The van der Waals surface area contributed by atoms with E-state index in [1.54, 1.807) is 36.5 Å². The van der Waals surface area contributed by atoms with Crippen molar-refractivity contribution in [3.8, 4) is 11.1 Å². The van der Waals surface area contributed by atoms with Gasteiger partial charge in [-0.15, -0.1) is 0 Å². The molecule has 0 bridgehead atoms. The molecule has 0 saturated carbocycles. The van der Waals surface area contributed by atoms with Crippen molar-refractivity contribution in [3.63, 3.8) is 0 Å². The molecule has 2 aromatic heterocycles. The van der Waals surface area contributed by atoms with Crippen LogP contribution in [0.2, 0.25) is 10.0 Å². The van der Waals surface area contributed by atoms with Crippen LogP contribution in [0, 0.1) is 0 Å². The number of rotatable bonds is 4. The Morgan fingerprint density at radius 1 is 1.19 bits per heavy atom. The monoisotopic (exact) mass is 454 g/mol. The van der Waals surface area contributed by atoms with Crippen LogP contribution in [0.4, 0.5) is 5.69 Å². The first-order chi connectivity index (χ1) is 14.9. The fourth-order valence-electron chi connectivity index (χ4n) is 3.68. The lowest BCUT2D eigenvalue weighted by atomic mass is 9.95. The molecule has 3 heterocycles. The van der Waals surface area contributed by atoms with Crippen molar-refractivity contribution < 1.29 is 9.59 Å². The number of anilines is 1. The Balaban J connectivity index is 1.62. The molecule has 8 heteroatoms. The number of amides is 2. The number of aryl methyl sites for hydroxylation is 1. The summed E-state index contributed by atoms with van der Waals surface area (Å²) in [6, 6.07) is 8.77. The minimum absolute atomic E-state index is 0.111. The van der Waals surface area contributed by atoms with Gasteiger partial charge >= 0.3 is 0 Å². The van der Waals surface area contributed by atoms with Crippen LogP contribution in [0.1, 0.15) is 41.0 Å². The van der Waals surface area contributed by atoms with E-state index in [1.165, 1.54) is 6.20 Å². The topological polar surface area (TPSA) is 75.2 Å². The van der Waals surface area contributed by atoms with Gasteiger partial charge in [-0.05, 0) is 48.7 Å². The third kappa shape index (κ3) is 4.13. The van der Waals surface area contributed by atoms with E-state index in [1.807, 2.05) is 25.1 Å². The largest absolute Gasteiger partial charge is 0.344 e. The van der Waals surface area contributed by atoms with Crippen molar-refractivity contribution in [3.05, 3.63) is 75.8 Å². The second-order valence-corrected chi connectivity index (χ2v) is 8.20. The molecule has 4 rings (SSSR count). The van der Waals surface area contributed by atoms with Gasteiger partial charge in [-0.25, -0.2) is 4.98 Å². The van der Waals surface area contributed by atoms with Gasteiger partial charge in [0.2, 0.25) is 5.91 Å². The van der Waals surface area contributed by atoms with E-state index in [0.29, 0.717) is 23.4 Å². The molecule has 1 atom stereocenters. The summed E-state index contributed by atoms with van der Waals surface area (Å²) in [5, 5.41) is 3.67. The number of fused-ring (bicyclic) bond motifs is 1. The van der Waals surface area contributed by atoms with Crippen LogP contribution >= 0.6 is 23.2 Å². The third-order valence-corrected chi connectivity index (χ3v) is 6.16. The number of benzene rings is 1. The maximum absolute atomic E-state index is 12.6. The molecule has 0 unspecified atom stereocenters. The summed E-state index contributed by atoms with van der Waals surface area (Å²) < 4.78 is 0. The molecule has 0 fully saturated rings. The van der Waals surface area contributed by atoms with Crippen molar-refractivity contribution >= 4 is 40.7 Å². The van der Waals surface area contributed by atoms with E-state index >= 15 is 0 Å². The smallest absolute Gasteiger partial charge is 0.271 e. The maximum Gasteiger partial charge on any atom is 0.271 e. The first kappa shape index (κ1) is 21.3. The van der Waals surface area contributed by atoms with Crippen molar-refractivity contribution in [2.45, 2.75) is 25.8 Å². The summed E-state index contributed by atoms with van der Waals surface area (Å²) in [5.74, 6) is -0.277. The number of nitrogens with one attached hydrogen (secondary N) is 1. The SMILES string of the molecule is C[C@@H](NC(=O)c1ncccc1Cl)c1cncc(-c2ccc3c(c2)CCC(=O)N3C)c1Cl. The zero-order valence-electron chi connectivity index (χ0n) is 17.0. The van der Waals surface area contributed by atoms with Crippen LogP contribution in [0.25, 0.3) is 11.1 Å². The summed E-state index contributed by atoms with van der Waals surface area (Å²) in [7, 11) is 1.79. The van der Waals surface area contributed by atoms with E-state index in [0.717, 1.165) is 22.4 Å².